The summed E-state index contributed by atoms with van der Waals surface area (Å²) in [5.74, 6) is 0.470. The molecule has 124 valence electrons. The highest BCUT2D eigenvalue weighted by atomic mass is 16.3. The molecule has 0 bridgehead atoms. The van der Waals surface area contributed by atoms with Crippen molar-refractivity contribution in [3.05, 3.63) is 42.1 Å². The number of rotatable bonds is 6. The minimum atomic E-state index is -0.0309. The lowest BCUT2D eigenvalue weighted by Crippen LogP contribution is -2.40. The second-order valence-corrected chi connectivity index (χ2v) is 6.17. The highest BCUT2D eigenvalue weighted by molar-refractivity contribution is 5.93. The van der Waals surface area contributed by atoms with Crippen LogP contribution in [0.1, 0.15) is 35.7 Å². The fourth-order valence-electron chi connectivity index (χ4n) is 3.10. The summed E-state index contributed by atoms with van der Waals surface area (Å²) in [5.41, 5.74) is 1.85. The maximum Gasteiger partial charge on any atom is 0.254 e. The number of aromatic nitrogens is 2. The molecule has 0 radical (unpaired) electrons. The molecular formula is C17H24N4O2. The van der Waals surface area contributed by atoms with Crippen molar-refractivity contribution >= 4 is 5.91 Å². The van der Waals surface area contributed by atoms with E-state index in [2.05, 4.69) is 15.3 Å². The highest BCUT2D eigenvalue weighted by Gasteiger charge is 2.21. The van der Waals surface area contributed by atoms with Gasteiger partial charge in [0.05, 0.1) is 24.3 Å². The maximum absolute atomic E-state index is 12.2. The van der Waals surface area contributed by atoms with Crippen molar-refractivity contribution in [2.24, 2.45) is 5.92 Å². The fraction of sp³-hybridized carbons (Fsp3) is 0.529. The Balaban J connectivity index is 1.46. The zero-order chi connectivity index (χ0) is 16.1. The van der Waals surface area contributed by atoms with Gasteiger partial charge in [0, 0.05) is 37.9 Å². The average molecular weight is 316 g/mol. The van der Waals surface area contributed by atoms with Crippen LogP contribution in [-0.2, 0) is 13.1 Å². The van der Waals surface area contributed by atoms with Crippen LogP contribution in [0.15, 0.2) is 35.4 Å². The van der Waals surface area contributed by atoms with E-state index in [4.69, 9.17) is 4.42 Å². The van der Waals surface area contributed by atoms with Gasteiger partial charge in [0.15, 0.2) is 0 Å². The van der Waals surface area contributed by atoms with Crippen molar-refractivity contribution in [2.75, 3.05) is 19.6 Å². The second-order valence-electron chi connectivity index (χ2n) is 6.17. The van der Waals surface area contributed by atoms with E-state index in [9.17, 15) is 4.79 Å². The molecule has 6 nitrogen and oxygen atoms in total. The van der Waals surface area contributed by atoms with Gasteiger partial charge in [0.25, 0.3) is 5.91 Å². The topological polar surface area (TPSA) is 63.3 Å². The second kappa shape index (κ2) is 7.46. The first kappa shape index (κ1) is 15.8. The van der Waals surface area contributed by atoms with Crippen molar-refractivity contribution < 1.29 is 9.21 Å². The molecule has 1 amide bonds. The SMILES string of the molecule is CCn1cc(C(=O)NCC2CCCN(Cc3ccoc3)C2)cn1. The molecule has 0 saturated carbocycles. The molecule has 1 aliphatic rings. The van der Waals surface area contributed by atoms with Gasteiger partial charge in [-0.05, 0) is 38.3 Å². The number of nitrogens with one attached hydrogen (secondary N) is 1. The number of aryl methyl sites for hydroxylation is 1. The third kappa shape index (κ3) is 4.22. The normalized spacial score (nSPS) is 18.9. The summed E-state index contributed by atoms with van der Waals surface area (Å²) < 4.78 is 6.90. The van der Waals surface area contributed by atoms with Crippen molar-refractivity contribution in [2.45, 2.75) is 32.9 Å². The van der Waals surface area contributed by atoms with Crippen molar-refractivity contribution in [3.8, 4) is 0 Å². The number of piperidine rings is 1. The number of nitrogens with zero attached hydrogens (tertiary/aromatic N) is 3. The number of hydrogen-bond acceptors (Lipinski definition) is 4. The van der Waals surface area contributed by atoms with Gasteiger partial charge >= 0.3 is 0 Å². The highest BCUT2D eigenvalue weighted by Crippen LogP contribution is 2.18. The molecule has 0 spiro atoms. The molecule has 1 atom stereocenters. The van der Waals surface area contributed by atoms with Crippen LogP contribution in [0.3, 0.4) is 0 Å². The number of amides is 1. The quantitative estimate of drug-likeness (QED) is 0.887. The zero-order valence-corrected chi connectivity index (χ0v) is 13.6. The number of carbonyl (C=O) groups is 1. The number of carbonyl (C=O) groups excluding carboxylic acids is 1. The van der Waals surface area contributed by atoms with Crippen molar-refractivity contribution in [3.63, 3.8) is 0 Å². The van der Waals surface area contributed by atoms with Gasteiger partial charge < -0.3 is 9.73 Å². The first-order valence-corrected chi connectivity index (χ1v) is 8.28. The third-order valence-electron chi connectivity index (χ3n) is 4.36. The largest absolute Gasteiger partial charge is 0.472 e. The van der Waals surface area contributed by atoms with E-state index >= 15 is 0 Å². The van der Waals surface area contributed by atoms with E-state index in [1.54, 1.807) is 29.6 Å². The van der Waals surface area contributed by atoms with Crippen LogP contribution in [0.2, 0.25) is 0 Å². The molecule has 1 N–H and O–H groups in total. The minimum Gasteiger partial charge on any atom is -0.472 e. The summed E-state index contributed by atoms with van der Waals surface area (Å²) in [6.45, 7) is 6.55. The molecule has 23 heavy (non-hydrogen) atoms. The summed E-state index contributed by atoms with van der Waals surface area (Å²) in [6.07, 6.45) is 9.28. The average Bonchev–Trinajstić information content (AvgIpc) is 3.24. The first-order chi connectivity index (χ1) is 11.2. The van der Waals surface area contributed by atoms with E-state index in [1.807, 2.05) is 13.0 Å². The Morgan fingerprint density at radius 1 is 1.52 bits per heavy atom. The van der Waals surface area contributed by atoms with Crippen LogP contribution in [0, 0.1) is 5.92 Å². The molecule has 1 unspecified atom stereocenters. The molecule has 1 saturated heterocycles. The molecule has 3 heterocycles. The Morgan fingerprint density at radius 3 is 3.17 bits per heavy atom. The Morgan fingerprint density at radius 2 is 2.43 bits per heavy atom. The molecule has 0 aliphatic carbocycles. The number of likely N-dealkylation sites (tertiary alicyclic amines) is 1. The summed E-state index contributed by atoms with van der Waals surface area (Å²) in [5, 5.41) is 7.19. The fourth-order valence-corrected chi connectivity index (χ4v) is 3.10. The van der Waals surface area contributed by atoms with Gasteiger partial charge in [-0.15, -0.1) is 0 Å². The van der Waals surface area contributed by atoms with Crippen LogP contribution in [-0.4, -0.2) is 40.2 Å². The van der Waals surface area contributed by atoms with Gasteiger partial charge in [-0.2, -0.15) is 5.10 Å². The van der Waals surface area contributed by atoms with E-state index in [0.29, 0.717) is 11.5 Å². The summed E-state index contributed by atoms with van der Waals surface area (Å²) in [4.78, 5) is 14.6. The number of hydrogen-bond donors (Lipinski definition) is 1. The van der Waals surface area contributed by atoms with E-state index in [1.165, 1.54) is 12.0 Å². The Kier molecular flexibility index (Phi) is 5.12. The standard InChI is InChI=1S/C17H24N4O2/c1-2-21-12-16(9-19-21)17(22)18-8-14-4-3-6-20(10-14)11-15-5-7-23-13-15/h5,7,9,12-14H,2-4,6,8,10-11H2,1H3,(H,18,22). The summed E-state index contributed by atoms with van der Waals surface area (Å²) in [7, 11) is 0. The molecule has 1 aliphatic heterocycles. The lowest BCUT2D eigenvalue weighted by atomic mass is 9.97. The van der Waals surface area contributed by atoms with Gasteiger partial charge in [-0.1, -0.05) is 0 Å². The maximum atomic E-state index is 12.2. The van der Waals surface area contributed by atoms with Crippen LogP contribution >= 0.6 is 0 Å². The molecule has 2 aromatic heterocycles. The van der Waals surface area contributed by atoms with Gasteiger partial charge in [-0.3, -0.25) is 14.4 Å². The van der Waals surface area contributed by atoms with Crippen LogP contribution in [0.25, 0.3) is 0 Å². The minimum absolute atomic E-state index is 0.0309. The predicted molar refractivity (Wildman–Crippen MR) is 86.9 cm³/mol. The summed E-state index contributed by atoms with van der Waals surface area (Å²) >= 11 is 0. The lowest BCUT2D eigenvalue weighted by Gasteiger charge is -2.32. The Hall–Kier alpha value is -2.08. The van der Waals surface area contributed by atoms with E-state index in [-0.39, 0.29) is 5.91 Å². The number of furan rings is 1. The molecule has 0 aromatic carbocycles. The molecule has 2 aromatic rings. The zero-order valence-electron chi connectivity index (χ0n) is 13.6. The lowest BCUT2D eigenvalue weighted by molar-refractivity contribution is 0.0930. The predicted octanol–water partition coefficient (Wildman–Crippen LogP) is 2.14. The van der Waals surface area contributed by atoms with Crippen LogP contribution < -0.4 is 5.32 Å². The third-order valence-corrected chi connectivity index (χ3v) is 4.36. The van der Waals surface area contributed by atoms with Crippen molar-refractivity contribution in [1.29, 1.82) is 0 Å². The van der Waals surface area contributed by atoms with Gasteiger partial charge in [-0.25, -0.2) is 0 Å². The smallest absolute Gasteiger partial charge is 0.254 e. The monoisotopic (exact) mass is 316 g/mol. The summed E-state index contributed by atoms with van der Waals surface area (Å²) in [6, 6.07) is 2.01. The Labute approximate surface area is 136 Å². The molecule has 1 fully saturated rings. The Bertz CT molecular complexity index is 620. The van der Waals surface area contributed by atoms with Gasteiger partial charge in [0.2, 0.25) is 0 Å². The van der Waals surface area contributed by atoms with E-state index < -0.39 is 0 Å². The van der Waals surface area contributed by atoms with Crippen LogP contribution in [0.5, 0.6) is 0 Å². The van der Waals surface area contributed by atoms with Crippen LogP contribution in [0.4, 0.5) is 0 Å². The van der Waals surface area contributed by atoms with Crippen molar-refractivity contribution in [1.82, 2.24) is 20.0 Å². The molecule has 3 rings (SSSR count). The van der Waals surface area contributed by atoms with E-state index in [0.717, 1.165) is 39.1 Å². The first-order valence-electron chi connectivity index (χ1n) is 8.28. The molecular weight excluding hydrogens is 292 g/mol. The van der Waals surface area contributed by atoms with Gasteiger partial charge in [0.1, 0.15) is 0 Å². The molecule has 6 heteroatoms.